The Hall–Kier alpha value is -3.91. The van der Waals surface area contributed by atoms with Crippen LogP contribution in [0.1, 0.15) is 16.1 Å². The summed E-state index contributed by atoms with van der Waals surface area (Å²) in [6.45, 7) is 0.295. The molecule has 0 radical (unpaired) electrons. The quantitative estimate of drug-likeness (QED) is 0.353. The Balaban J connectivity index is 1.61. The van der Waals surface area contributed by atoms with Crippen LogP contribution in [0.15, 0.2) is 71.4 Å². The fourth-order valence-electron chi connectivity index (χ4n) is 3.53. The van der Waals surface area contributed by atoms with Crippen molar-refractivity contribution in [2.45, 2.75) is 6.54 Å². The van der Waals surface area contributed by atoms with E-state index < -0.39 is 0 Å². The number of fused-ring (bicyclic) bond motifs is 2. The Morgan fingerprint density at radius 1 is 1.06 bits per heavy atom. The van der Waals surface area contributed by atoms with Gasteiger partial charge in [0.25, 0.3) is 5.91 Å². The molecule has 0 unspecified atom stereocenters. The Labute approximate surface area is 187 Å². The Kier molecular flexibility index (Phi) is 5.20. The highest BCUT2D eigenvalue weighted by atomic mass is 32.1. The summed E-state index contributed by atoms with van der Waals surface area (Å²) in [7, 11) is 3.18. The number of nitrogens with zero attached hydrogens (tertiary/aromatic N) is 3. The number of rotatable bonds is 6. The molecule has 8 heteroatoms. The van der Waals surface area contributed by atoms with Crippen LogP contribution in [0.3, 0.4) is 0 Å². The number of amides is 1. The molecule has 0 spiro atoms. The van der Waals surface area contributed by atoms with Gasteiger partial charge in [0, 0.05) is 17.8 Å². The summed E-state index contributed by atoms with van der Waals surface area (Å²) in [6.07, 6.45) is 3.43. The van der Waals surface area contributed by atoms with Crippen LogP contribution in [0.5, 0.6) is 11.5 Å². The summed E-state index contributed by atoms with van der Waals surface area (Å²) < 4.78 is 17.7. The summed E-state index contributed by atoms with van der Waals surface area (Å²) in [5.74, 6) is 1.14. The molecule has 160 valence electrons. The molecule has 0 atom stereocenters. The van der Waals surface area contributed by atoms with Crippen LogP contribution in [-0.2, 0) is 6.54 Å². The molecule has 0 fully saturated rings. The molecule has 5 aromatic rings. The molecular formula is C24H19N3O4S. The molecule has 1 amide bonds. The van der Waals surface area contributed by atoms with Crippen molar-refractivity contribution in [2.75, 3.05) is 19.1 Å². The van der Waals surface area contributed by atoms with Crippen molar-refractivity contribution in [3.8, 4) is 11.5 Å². The zero-order valence-corrected chi connectivity index (χ0v) is 18.3. The second kappa shape index (κ2) is 8.32. The van der Waals surface area contributed by atoms with Gasteiger partial charge in [-0.25, -0.2) is 4.98 Å². The van der Waals surface area contributed by atoms with Crippen molar-refractivity contribution < 1.29 is 18.7 Å². The summed E-state index contributed by atoms with van der Waals surface area (Å²) in [5.41, 5.74) is 2.12. The highest BCUT2D eigenvalue weighted by Crippen LogP contribution is 2.36. The Bertz CT molecular complexity index is 1410. The number of hydrogen-bond acceptors (Lipinski definition) is 7. The lowest BCUT2D eigenvalue weighted by atomic mass is 10.2. The average molecular weight is 446 g/mol. The van der Waals surface area contributed by atoms with Gasteiger partial charge in [0.15, 0.2) is 22.2 Å². The van der Waals surface area contributed by atoms with Gasteiger partial charge in [-0.05, 0) is 35.9 Å². The average Bonchev–Trinajstić information content (AvgIpc) is 3.46. The molecular weight excluding hydrogens is 426 g/mol. The fraction of sp³-hybridized carbons (Fsp3) is 0.125. The third-order valence-corrected chi connectivity index (χ3v) is 6.11. The number of carbonyl (C=O) groups excluding carboxylic acids is 1. The van der Waals surface area contributed by atoms with Crippen molar-refractivity contribution in [3.63, 3.8) is 0 Å². The number of benzene rings is 2. The number of carbonyl (C=O) groups is 1. The van der Waals surface area contributed by atoms with E-state index in [9.17, 15) is 4.79 Å². The lowest BCUT2D eigenvalue weighted by molar-refractivity contribution is 0.0960. The second-order valence-corrected chi connectivity index (χ2v) is 8.05. The maximum absolute atomic E-state index is 13.7. The minimum Gasteiger partial charge on any atom is -0.494 e. The molecule has 32 heavy (non-hydrogen) atoms. The lowest BCUT2D eigenvalue weighted by Crippen LogP contribution is -2.30. The number of thiazole rings is 1. The number of aromatic nitrogens is 2. The molecule has 0 saturated carbocycles. The molecule has 0 aliphatic carbocycles. The number of furan rings is 1. The van der Waals surface area contributed by atoms with E-state index in [4.69, 9.17) is 18.9 Å². The summed E-state index contributed by atoms with van der Waals surface area (Å²) in [6, 6.07) is 16.7. The van der Waals surface area contributed by atoms with Crippen molar-refractivity contribution in [3.05, 3.63) is 78.3 Å². The first-order valence-corrected chi connectivity index (χ1v) is 10.7. The number of pyridine rings is 1. The van der Waals surface area contributed by atoms with Crippen molar-refractivity contribution in [2.24, 2.45) is 0 Å². The molecule has 0 aliphatic heterocycles. The van der Waals surface area contributed by atoms with Gasteiger partial charge in [-0.1, -0.05) is 35.6 Å². The number of anilines is 1. The summed E-state index contributed by atoms with van der Waals surface area (Å²) >= 11 is 1.42. The molecule has 0 bridgehead atoms. The van der Waals surface area contributed by atoms with Gasteiger partial charge in [0.1, 0.15) is 11.3 Å². The van der Waals surface area contributed by atoms with Gasteiger partial charge < -0.3 is 13.9 Å². The lowest BCUT2D eigenvalue weighted by Gasteiger charge is -2.18. The van der Waals surface area contributed by atoms with Gasteiger partial charge in [0.2, 0.25) is 0 Å². The molecule has 3 heterocycles. The van der Waals surface area contributed by atoms with Crippen molar-refractivity contribution >= 4 is 43.6 Å². The van der Waals surface area contributed by atoms with E-state index >= 15 is 0 Å². The Morgan fingerprint density at radius 3 is 2.66 bits per heavy atom. The molecule has 0 N–H and O–H groups in total. The number of methoxy groups -OCH3 is 2. The van der Waals surface area contributed by atoms with Crippen molar-refractivity contribution in [1.29, 1.82) is 0 Å². The minimum atomic E-state index is -0.301. The number of ether oxygens (including phenoxy) is 2. The Morgan fingerprint density at radius 2 is 1.88 bits per heavy atom. The van der Waals surface area contributed by atoms with E-state index in [0.717, 1.165) is 15.6 Å². The highest BCUT2D eigenvalue weighted by molar-refractivity contribution is 7.22. The molecule has 5 rings (SSSR count). The van der Waals surface area contributed by atoms with Crippen LogP contribution in [0.25, 0.3) is 21.2 Å². The van der Waals surface area contributed by atoms with Gasteiger partial charge in [0.05, 0.1) is 25.5 Å². The molecule has 7 nitrogen and oxygen atoms in total. The van der Waals surface area contributed by atoms with Crippen LogP contribution in [0, 0.1) is 0 Å². The fourth-order valence-corrected chi connectivity index (χ4v) is 4.51. The summed E-state index contributed by atoms with van der Waals surface area (Å²) in [4.78, 5) is 24.2. The third kappa shape index (κ3) is 3.54. The minimum absolute atomic E-state index is 0.208. The monoisotopic (exact) mass is 445 g/mol. The predicted molar refractivity (Wildman–Crippen MR) is 124 cm³/mol. The van der Waals surface area contributed by atoms with E-state index in [0.29, 0.717) is 34.3 Å². The predicted octanol–water partition coefficient (Wildman–Crippen LogP) is 5.30. The first-order chi connectivity index (χ1) is 15.7. The highest BCUT2D eigenvalue weighted by Gasteiger charge is 2.26. The zero-order valence-electron chi connectivity index (χ0n) is 17.4. The molecule has 0 aliphatic rings. The third-order valence-electron chi connectivity index (χ3n) is 5.07. The van der Waals surface area contributed by atoms with Crippen LogP contribution >= 0.6 is 11.3 Å². The van der Waals surface area contributed by atoms with E-state index in [1.165, 1.54) is 11.3 Å². The zero-order chi connectivity index (χ0) is 22.1. The normalized spacial score (nSPS) is 11.1. The molecule has 0 saturated heterocycles. The standard InChI is InChI=1S/C24H19N3O4S/c1-29-17-8-4-10-20-21(17)26-24(32-20)27(14-15-6-5-11-25-13-15)23(28)19-12-16-7-3-9-18(30-2)22(16)31-19/h3-13H,14H2,1-2H3. The van der Waals surface area contributed by atoms with Gasteiger partial charge in [-0.2, -0.15) is 0 Å². The SMILES string of the molecule is COc1cccc2sc(N(Cc3cccnc3)C(=O)c3cc4cccc(OC)c4o3)nc12. The molecule has 2 aromatic carbocycles. The maximum atomic E-state index is 13.7. The molecule has 3 aromatic heterocycles. The smallest absolute Gasteiger partial charge is 0.296 e. The van der Waals surface area contributed by atoms with Gasteiger partial charge in [-0.3, -0.25) is 14.7 Å². The first kappa shape index (κ1) is 20.0. The van der Waals surface area contributed by atoms with Crippen LogP contribution in [0.4, 0.5) is 5.13 Å². The maximum Gasteiger partial charge on any atom is 0.296 e. The van der Waals surface area contributed by atoms with E-state index in [2.05, 4.69) is 4.98 Å². The van der Waals surface area contributed by atoms with Gasteiger partial charge >= 0.3 is 0 Å². The van der Waals surface area contributed by atoms with Crippen molar-refractivity contribution in [1.82, 2.24) is 9.97 Å². The first-order valence-electron chi connectivity index (χ1n) is 9.89. The van der Waals surface area contributed by atoms with Crippen LogP contribution < -0.4 is 14.4 Å². The van der Waals surface area contributed by atoms with Crippen LogP contribution in [0.2, 0.25) is 0 Å². The van der Waals surface area contributed by atoms with Gasteiger partial charge in [-0.15, -0.1) is 0 Å². The topological polar surface area (TPSA) is 77.7 Å². The number of para-hydroxylation sites is 2. The van der Waals surface area contributed by atoms with Crippen LogP contribution in [-0.4, -0.2) is 30.1 Å². The second-order valence-electron chi connectivity index (χ2n) is 7.05. The van der Waals surface area contributed by atoms with E-state index in [1.54, 1.807) is 43.6 Å². The number of hydrogen-bond donors (Lipinski definition) is 0. The van der Waals surface area contributed by atoms with E-state index in [1.807, 2.05) is 42.5 Å². The van der Waals surface area contributed by atoms with E-state index in [-0.39, 0.29) is 11.7 Å². The summed E-state index contributed by atoms with van der Waals surface area (Å²) in [5, 5.41) is 1.34. The largest absolute Gasteiger partial charge is 0.494 e.